The zero-order valence-corrected chi connectivity index (χ0v) is 18.0. The number of hydrogen-bond acceptors (Lipinski definition) is 4. The van der Waals surface area contributed by atoms with E-state index in [-0.39, 0.29) is 24.0 Å². The Kier molecular flexibility index (Phi) is 7.39. The molecule has 1 heterocycles. The second-order valence-electron chi connectivity index (χ2n) is 7.73. The zero-order valence-electron chi connectivity index (χ0n) is 17.2. The summed E-state index contributed by atoms with van der Waals surface area (Å²) in [6, 6.07) is 16.6. The van der Waals surface area contributed by atoms with E-state index < -0.39 is 15.9 Å². The van der Waals surface area contributed by atoms with E-state index in [2.05, 4.69) is 5.32 Å². The normalized spacial score (nSPS) is 17.4. The monoisotopic (exact) mass is 428 g/mol. The van der Waals surface area contributed by atoms with Gasteiger partial charge in [0, 0.05) is 24.3 Å². The van der Waals surface area contributed by atoms with E-state index in [1.807, 2.05) is 30.3 Å². The average Bonchev–Trinajstić information content (AvgIpc) is 2.74. The van der Waals surface area contributed by atoms with E-state index in [1.54, 1.807) is 24.3 Å². The molecule has 30 heavy (non-hydrogen) atoms. The van der Waals surface area contributed by atoms with Crippen molar-refractivity contribution < 1.29 is 18.0 Å². The molecule has 0 unspecified atom stereocenters. The number of amides is 1. The first-order valence-electron chi connectivity index (χ1n) is 10.3. The number of nitrogens with one attached hydrogen (secondary N) is 1. The molecule has 1 saturated heterocycles. The molecule has 0 spiro atoms. The van der Waals surface area contributed by atoms with Crippen LogP contribution in [0.4, 0.5) is 5.69 Å². The second kappa shape index (κ2) is 10.00. The quantitative estimate of drug-likeness (QED) is 0.652. The molecule has 0 aromatic heterocycles. The highest BCUT2D eigenvalue weighted by Gasteiger charge is 2.32. The topological polar surface area (TPSA) is 83.6 Å². The van der Waals surface area contributed by atoms with Gasteiger partial charge in [-0.15, -0.1) is 0 Å². The van der Waals surface area contributed by atoms with Gasteiger partial charge in [0.2, 0.25) is 15.9 Å². The van der Waals surface area contributed by atoms with Crippen molar-refractivity contribution in [2.24, 2.45) is 5.92 Å². The van der Waals surface area contributed by atoms with Gasteiger partial charge < -0.3 is 5.32 Å². The first-order valence-corrected chi connectivity index (χ1v) is 11.9. The second-order valence-corrected chi connectivity index (χ2v) is 9.82. The molecular weight excluding hydrogens is 400 g/mol. The number of Topliss-reactive ketones (excluding diaryl/α,β-unsaturated/α-hetero) is 1. The molecule has 1 N–H and O–H groups in total. The first kappa shape index (κ1) is 22.2. The van der Waals surface area contributed by atoms with E-state index in [1.165, 1.54) is 11.2 Å². The van der Waals surface area contributed by atoms with E-state index in [9.17, 15) is 18.0 Å². The molecule has 6 nitrogen and oxygen atoms in total. The van der Waals surface area contributed by atoms with Crippen molar-refractivity contribution in [3.63, 3.8) is 0 Å². The Balaban J connectivity index is 1.56. The maximum absolute atomic E-state index is 12.8. The predicted octanol–water partition coefficient (Wildman–Crippen LogP) is 3.50. The smallest absolute Gasteiger partial charge is 0.228 e. The fourth-order valence-corrected chi connectivity index (χ4v) is 5.28. The van der Waals surface area contributed by atoms with Gasteiger partial charge in [-0.25, -0.2) is 12.7 Å². The van der Waals surface area contributed by atoms with E-state index in [4.69, 9.17) is 0 Å². The maximum Gasteiger partial charge on any atom is 0.228 e. The van der Waals surface area contributed by atoms with Gasteiger partial charge in [0.25, 0.3) is 0 Å². The molecule has 1 atom stereocenters. The van der Waals surface area contributed by atoms with Crippen molar-refractivity contribution in [2.45, 2.75) is 32.6 Å². The molecule has 1 amide bonds. The molecule has 3 rings (SSSR count). The maximum atomic E-state index is 12.8. The van der Waals surface area contributed by atoms with Gasteiger partial charge in [0.1, 0.15) is 0 Å². The molecule has 2 aromatic rings. The number of benzene rings is 2. The third kappa shape index (κ3) is 6.00. The van der Waals surface area contributed by atoms with Crippen LogP contribution < -0.4 is 5.32 Å². The lowest BCUT2D eigenvalue weighted by Gasteiger charge is -2.31. The molecular formula is C23H28N2O4S. The van der Waals surface area contributed by atoms with Gasteiger partial charge in [0.05, 0.1) is 11.7 Å². The minimum atomic E-state index is -3.40. The summed E-state index contributed by atoms with van der Waals surface area (Å²) in [6.07, 6.45) is 2.57. The van der Waals surface area contributed by atoms with Crippen molar-refractivity contribution in [3.05, 3.63) is 65.7 Å². The zero-order chi connectivity index (χ0) is 21.6. The van der Waals surface area contributed by atoms with Crippen molar-refractivity contribution in [3.8, 4) is 0 Å². The van der Waals surface area contributed by atoms with E-state index >= 15 is 0 Å². The number of rotatable bonds is 8. The molecule has 1 fully saturated rings. The third-order valence-corrected chi connectivity index (χ3v) is 7.32. The van der Waals surface area contributed by atoms with Crippen molar-refractivity contribution in [2.75, 3.05) is 24.2 Å². The van der Waals surface area contributed by atoms with Gasteiger partial charge >= 0.3 is 0 Å². The Labute approximate surface area is 178 Å². The summed E-state index contributed by atoms with van der Waals surface area (Å²) in [6.45, 7) is 2.13. The number of carbonyl (C=O) groups is 2. The molecule has 160 valence electrons. The summed E-state index contributed by atoms with van der Waals surface area (Å²) in [5.74, 6) is -0.600. The van der Waals surface area contributed by atoms with Crippen LogP contribution in [0.1, 0.15) is 42.1 Å². The van der Waals surface area contributed by atoms with Crippen LogP contribution >= 0.6 is 0 Å². The summed E-state index contributed by atoms with van der Waals surface area (Å²) in [5, 5.41) is 2.83. The van der Waals surface area contributed by atoms with Crippen LogP contribution in [-0.2, 0) is 21.2 Å². The number of anilines is 1. The SMILES string of the molecule is CC(=O)c1cccc(NC(=O)[C@@H]2CCCN(S(=O)(=O)CCCc3ccccc3)C2)c1. The van der Waals surface area contributed by atoms with Crippen LogP contribution in [0, 0.1) is 5.92 Å². The van der Waals surface area contributed by atoms with Crippen LogP contribution in [0.2, 0.25) is 0 Å². The van der Waals surface area contributed by atoms with Gasteiger partial charge in [-0.1, -0.05) is 42.5 Å². The summed E-state index contributed by atoms with van der Waals surface area (Å²) >= 11 is 0. The number of ketones is 1. The fraction of sp³-hybridized carbons (Fsp3) is 0.391. The molecule has 2 aromatic carbocycles. The summed E-state index contributed by atoms with van der Waals surface area (Å²) < 4.78 is 27.0. The Morgan fingerprint density at radius 2 is 1.87 bits per heavy atom. The molecule has 1 aliphatic rings. The lowest BCUT2D eigenvalue weighted by atomic mass is 9.98. The van der Waals surface area contributed by atoms with Crippen LogP contribution in [-0.4, -0.2) is 43.3 Å². The highest BCUT2D eigenvalue weighted by molar-refractivity contribution is 7.89. The number of piperidine rings is 1. The summed E-state index contributed by atoms with van der Waals surface area (Å²) in [7, 11) is -3.40. The summed E-state index contributed by atoms with van der Waals surface area (Å²) in [4.78, 5) is 24.2. The van der Waals surface area contributed by atoms with Gasteiger partial charge in [-0.2, -0.15) is 0 Å². The first-order chi connectivity index (χ1) is 14.3. The van der Waals surface area contributed by atoms with Crippen molar-refractivity contribution >= 4 is 27.4 Å². The van der Waals surface area contributed by atoms with E-state index in [0.717, 1.165) is 5.56 Å². The molecule has 7 heteroatoms. The molecule has 0 saturated carbocycles. The fourth-order valence-electron chi connectivity index (χ4n) is 3.70. The largest absolute Gasteiger partial charge is 0.326 e. The minimum absolute atomic E-state index is 0.0727. The average molecular weight is 429 g/mol. The number of aryl methyl sites for hydroxylation is 1. The molecule has 1 aliphatic heterocycles. The molecule has 0 bridgehead atoms. The Bertz CT molecular complexity index is 989. The minimum Gasteiger partial charge on any atom is -0.326 e. The van der Waals surface area contributed by atoms with Gasteiger partial charge in [0.15, 0.2) is 5.78 Å². The Morgan fingerprint density at radius 1 is 1.10 bits per heavy atom. The lowest BCUT2D eigenvalue weighted by Crippen LogP contribution is -2.44. The van der Waals surface area contributed by atoms with E-state index in [0.29, 0.717) is 43.5 Å². The number of nitrogens with zero attached hydrogens (tertiary/aromatic N) is 1. The number of sulfonamides is 1. The summed E-state index contributed by atoms with van der Waals surface area (Å²) in [5.41, 5.74) is 2.20. The highest BCUT2D eigenvalue weighted by Crippen LogP contribution is 2.22. The van der Waals surface area contributed by atoms with Gasteiger partial charge in [-0.05, 0) is 50.3 Å². The third-order valence-electron chi connectivity index (χ3n) is 5.40. The van der Waals surface area contributed by atoms with Gasteiger partial charge in [-0.3, -0.25) is 9.59 Å². The van der Waals surface area contributed by atoms with Crippen LogP contribution in [0.3, 0.4) is 0 Å². The predicted molar refractivity (Wildman–Crippen MR) is 118 cm³/mol. The lowest BCUT2D eigenvalue weighted by molar-refractivity contribution is -0.120. The Morgan fingerprint density at radius 3 is 2.60 bits per heavy atom. The van der Waals surface area contributed by atoms with Crippen molar-refractivity contribution in [1.29, 1.82) is 0 Å². The van der Waals surface area contributed by atoms with Crippen LogP contribution in [0.25, 0.3) is 0 Å². The highest BCUT2D eigenvalue weighted by atomic mass is 32.2. The number of hydrogen-bond donors (Lipinski definition) is 1. The van der Waals surface area contributed by atoms with Crippen molar-refractivity contribution in [1.82, 2.24) is 4.31 Å². The van der Waals surface area contributed by atoms with Crippen LogP contribution in [0.15, 0.2) is 54.6 Å². The molecule has 0 radical (unpaired) electrons. The molecule has 0 aliphatic carbocycles. The Hall–Kier alpha value is -2.51. The number of carbonyl (C=O) groups excluding carboxylic acids is 2. The standard InChI is InChI=1S/C23H28N2O4S/c1-18(26)20-11-5-13-22(16-20)24-23(27)21-12-6-14-25(17-21)30(28,29)15-7-10-19-8-3-2-4-9-19/h2-5,8-9,11,13,16,21H,6-7,10,12,14-15,17H2,1H3,(H,24,27)/t21-/m1/s1. The van der Waals surface area contributed by atoms with Crippen LogP contribution in [0.5, 0.6) is 0 Å².